The Morgan fingerprint density at radius 3 is 2.03 bits per heavy atom. The Labute approximate surface area is 434 Å². The van der Waals surface area contributed by atoms with Gasteiger partial charge in [0.1, 0.15) is 24.7 Å². The van der Waals surface area contributed by atoms with E-state index in [1.807, 2.05) is 12.1 Å². The highest BCUT2D eigenvalue weighted by atomic mass is 16.7. The maximum atomic E-state index is 14.7. The van der Waals surface area contributed by atoms with Gasteiger partial charge in [-0.2, -0.15) is 0 Å². The van der Waals surface area contributed by atoms with Gasteiger partial charge in [0.25, 0.3) is 0 Å². The second-order valence-corrected chi connectivity index (χ2v) is 20.3. The Morgan fingerprint density at radius 2 is 1.42 bits per heavy atom. The van der Waals surface area contributed by atoms with Crippen molar-refractivity contribution < 1.29 is 53.4 Å². The number of carbonyl (C=O) groups excluding carboxylic acids is 2. The largest absolute Gasteiger partial charge is 0.459 e. The molecule has 410 valence electrons. The van der Waals surface area contributed by atoms with Gasteiger partial charge < -0.3 is 49.2 Å². The molecule has 1 aromatic carbocycles. The van der Waals surface area contributed by atoms with Crippen molar-refractivity contribution in [3.05, 3.63) is 48.1 Å². The fraction of sp³-hybridized carbons (Fsp3) is 0.776. The van der Waals surface area contributed by atoms with Crippen LogP contribution in [-0.2, 0) is 19.0 Å². The quantitative estimate of drug-likeness (QED) is 0.0279. The Balaban J connectivity index is 1.69. The Morgan fingerprint density at radius 1 is 0.792 bits per heavy atom. The molecule has 2 amide bonds. The van der Waals surface area contributed by atoms with Crippen molar-refractivity contribution in [1.29, 1.82) is 0 Å². The van der Waals surface area contributed by atoms with E-state index in [9.17, 15) is 24.9 Å². The number of carbonyl (C=O) groups is 2. The fourth-order valence-corrected chi connectivity index (χ4v) is 11.3. The predicted octanol–water partition coefficient (Wildman–Crippen LogP) is 12.3. The van der Waals surface area contributed by atoms with E-state index in [1.54, 1.807) is 17.0 Å². The molecule has 0 spiro atoms. The third kappa shape index (κ3) is 19.5. The number of aliphatic hydroxyl groups excluding tert-OH is 3. The minimum absolute atomic E-state index is 0.00839. The van der Waals surface area contributed by atoms with Gasteiger partial charge >= 0.3 is 12.2 Å². The average Bonchev–Trinajstić information content (AvgIpc) is 3.38. The Kier molecular flexibility index (Phi) is 30.7. The van der Waals surface area contributed by atoms with E-state index in [1.165, 1.54) is 97.0 Å². The maximum Gasteiger partial charge on any atom is 0.412 e. The summed E-state index contributed by atoms with van der Waals surface area (Å²) in [6.45, 7) is 9.77. The summed E-state index contributed by atoms with van der Waals surface area (Å²) in [5.74, 6) is -1.36. The van der Waals surface area contributed by atoms with Gasteiger partial charge in [0.2, 0.25) is 5.79 Å². The molecule has 1 fully saturated rings. The van der Waals surface area contributed by atoms with Crippen LogP contribution < -0.4 is 14.8 Å². The maximum absolute atomic E-state index is 14.7. The smallest absolute Gasteiger partial charge is 0.412 e. The second-order valence-electron chi connectivity index (χ2n) is 20.3. The van der Waals surface area contributed by atoms with Crippen LogP contribution in [0, 0.1) is 17.8 Å². The molecule has 4 rings (SSSR count). The molecule has 3 aliphatic rings. The number of ether oxygens (including phenoxy) is 5. The lowest BCUT2D eigenvalue weighted by Gasteiger charge is -2.59. The van der Waals surface area contributed by atoms with Gasteiger partial charge in [0, 0.05) is 44.2 Å². The van der Waals surface area contributed by atoms with Gasteiger partial charge in [-0.3, -0.25) is 4.90 Å². The van der Waals surface area contributed by atoms with Crippen molar-refractivity contribution in [2.45, 2.75) is 205 Å². The zero-order chi connectivity index (χ0) is 51.7. The number of nitrogens with zero attached hydrogens (tertiary/aromatic N) is 2. The normalized spacial score (nSPS) is 21.6. The number of fused-ring (bicyclic) bond motifs is 2. The molecule has 0 unspecified atom stereocenters. The first kappa shape index (κ1) is 60.9. The van der Waals surface area contributed by atoms with Crippen LogP contribution in [0.15, 0.2) is 47.7 Å². The highest BCUT2D eigenvalue weighted by molar-refractivity contribution is 6.03. The number of benzene rings is 1. The molecule has 0 saturated heterocycles. The number of hydrogen-bond acceptors (Lipinski definition) is 12. The zero-order valence-electron chi connectivity index (χ0n) is 44.9. The van der Waals surface area contributed by atoms with Crippen LogP contribution in [0.25, 0.3) is 0 Å². The summed E-state index contributed by atoms with van der Waals surface area (Å²) in [7, 11) is 1.52. The SMILES string of the molecule is C=CCO[C@@]12Oc3ccc(OC(=O)NCCCCCCCCCCCC)cc3[C@H]3[C@H](CCCCO)[C@@H](CCCCO)C=C(C(=NOC)C[C@@H]1N(CCOCCO)C(=O)OCCCCCCCCCCCC)[C@H]32. The van der Waals surface area contributed by atoms with Gasteiger partial charge in [-0.25, -0.2) is 9.59 Å². The number of nitrogens with one attached hydrogen (secondary N) is 1. The fourth-order valence-electron chi connectivity index (χ4n) is 11.3. The topological polar surface area (TPSA) is 178 Å². The molecule has 14 nitrogen and oxygen atoms in total. The van der Waals surface area contributed by atoms with E-state index in [0.717, 1.165) is 75.3 Å². The van der Waals surface area contributed by atoms with E-state index >= 15 is 0 Å². The molecule has 0 radical (unpaired) electrons. The molecule has 1 aromatic rings. The molecule has 72 heavy (non-hydrogen) atoms. The first-order valence-corrected chi connectivity index (χ1v) is 28.5. The molecule has 0 bridgehead atoms. The molecule has 14 heteroatoms. The van der Waals surface area contributed by atoms with Crippen LogP contribution in [0.4, 0.5) is 9.59 Å². The molecule has 0 aromatic heterocycles. The first-order chi connectivity index (χ1) is 35.3. The van der Waals surface area contributed by atoms with Gasteiger partial charge in [-0.15, -0.1) is 6.58 Å². The van der Waals surface area contributed by atoms with Crippen LogP contribution in [0.2, 0.25) is 0 Å². The van der Waals surface area contributed by atoms with Gasteiger partial charge in [0.05, 0.1) is 44.7 Å². The summed E-state index contributed by atoms with van der Waals surface area (Å²) >= 11 is 0. The molecule has 2 aliphatic carbocycles. The number of rotatable bonds is 41. The van der Waals surface area contributed by atoms with Gasteiger partial charge in [-0.05, 0) is 74.1 Å². The molecule has 4 N–H and O–H groups in total. The minimum atomic E-state index is -1.49. The lowest BCUT2D eigenvalue weighted by molar-refractivity contribution is -0.256. The predicted molar refractivity (Wildman–Crippen MR) is 286 cm³/mol. The minimum Gasteiger partial charge on any atom is -0.459 e. The molecule has 1 saturated carbocycles. The lowest BCUT2D eigenvalue weighted by Crippen LogP contribution is -2.70. The Bertz CT molecular complexity index is 1730. The number of hydrogen-bond donors (Lipinski definition) is 4. The summed E-state index contributed by atoms with van der Waals surface area (Å²) in [4.78, 5) is 35.3. The molecule has 1 heterocycles. The highest BCUT2D eigenvalue weighted by Gasteiger charge is 2.65. The third-order valence-corrected chi connectivity index (χ3v) is 14.9. The average molecular weight is 1010 g/mol. The summed E-state index contributed by atoms with van der Waals surface area (Å²) < 4.78 is 32.3. The summed E-state index contributed by atoms with van der Waals surface area (Å²) in [6.07, 6.45) is 31.2. The molecular weight excluding hydrogens is 915 g/mol. The van der Waals surface area contributed by atoms with Gasteiger partial charge in [-0.1, -0.05) is 160 Å². The first-order valence-electron chi connectivity index (χ1n) is 28.5. The molecule has 1 aliphatic heterocycles. The second kappa shape index (κ2) is 36.3. The summed E-state index contributed by atoms with van der Waals surface area (Å²) in [5.41, 5.74) is 2.41. The van der Waals surface area contributed by atoms with E-state index in [0.29, 0.717) is 36.6 Å². The van der Waals surface area contributed by atoms with Crippen molar-refractivity contribution in [3.63, 3.8) is 0 Å². The Hall–Kier alpha value is -3.69. The number of oxime groups is 1. The van der Waals surface area contributed by atoms with Crippen molar-refractivity contribution in [2.24, 2.45) is 22.9 Å². The van der Waals surface area contributed by atoms with Crippen LogP contribution >= 0.6 is 0 Å². The number of allylic oxidation sites excluding steroid dienone is 1. The molecule has 6 atom stereocenters. The van der Waals surface area contributed by atoms with E-state index in [4.69, 9.17) is 28.5 Å². The third-order valence-electron chi connectivity index (χ3n) is 14.9. The summed E-state index contributed by atoms with van der Waals surface area (Å²) in [5, 5.41) is 37.2. The van der Waals surface area contributed by atoms with Crippen LogP contribution in [-0.4, -0.2) is 116 Å². The monoisotopic (exact) mass is 1010 g/mol. The van der Waals surface area contributed by atoms with E-state index in [-0.39, 0.29) is 77.0 Å². The number of aliphatic hydroxyl groups is 3. The molecular formula is C58H97N3O11. The van der Waals surface area contributed by atoms with E-state index in [2.05, 4.69) is 37.0 Å². The lowest BCUT2D eigenvalue weighted by atomic mass is 9.55. The standard InChI is InChI=1S/C58H97N3O11/c1-5-8-10-12-14-16-18-20-22-26-34-59-56(65)71-47-32-33-52-50(44-47)54-48(31-25-28-37-63)46(30-24-27-36-62)43-49-51(60-67-4)45-53(58(72-52,55(49)54)70-39-7-3)61(35-41-68-42-38-64)57(66)69-40-29-23-21-19-17-15-13-11-9-6-2/h7,32-33,43-44,46,48,53-55,62-64H,3,5-6,8-31,34-42,45H2,1-2,4H3,(H,59,65)/t46-,48+,53-,54+,55+,58+/m0/s1. The summed E-state index contributed by atoms with van der Waals surface area (Å²) in [6, 6.07) is 4.71. The zero-order valence-corrected chi connectivity index (χ0v) is 44.9. The van der Waals surface area contributed by atoms with Crippen LogP contribution in [0.3, 0.4) is 0 Å². The highest BCUT2D eigenvalue weighted by Crippen LogP contribution is 2.62. The van der Waals surface area contributed by atoms with Crippen molar-refractivity contribution in [3.8, 4) is 11.5 Å². The number of unbranched alkanes of at least 4 members (excludes halogenated alkanes) is 20. The number of amides is 2. The van der Waals surface area contributed by atoms with Gasteiger partial charge in [0.15, 0.2) is 0 Å². The van der Waals surface area contributed by atoms with Crippen molar-refractivity contribution in [1.82, 2.24) is 10.2 Å². The van der Waals surface area contributed by atoms with Crippen molar-refractivity contribution >= 4 is 17.9 Å². The van der Waals surface area contributed by atoms with Crippen molar-refractivity contribution in [2.75, 3.05) is 66.4 Å². The van der Waals surface area contributed by atoms with Crippen LogP contribution in [0.1, 0.15) is 199 Å². The van der Waals surface area contributed by atoms with E-state index < -0.39 is 29.9 Å². The van der Waals surface area contributed by atoms with Crippen LogP contribution in [0.5, 0.6) is 11.5 Å².